The molecule has 1 N–H and O–H groups in total. The SMILES string of the molecule is C=CCN(C)CCCCCc1ccc2c(c1)C(C(=O)c1ccc(Br)s1)CN2. The van der Waals surface area contributed by atoms with Crippen LogP contribution in [0.1, 0.15) is 46.0 Å². The van der Waals surface area contributed by atoms with Gasteiger partial charge in [0.2, 0.25) is 0 Å². The van der Waals surface area contributed by atoms with E-state index in [0.717, 1.165) is 39.4 Å². The number of ketones is 1. The Morgan fingerprint density at radius 3 is 2.93 bits per heavy atom. The number of unbranched alkanes of at least 4 members (excludes halogenated alkanes) is 2. The molecule has 1 aromatic carbocycles. The number of thiophene rings is 1. The summed E-state index contributed by atoms with van der Waals surface area (Å²) in [6, 6.07) is 10.4. The van der Waals surface area contributed by atoms with Crippen molar-refractivity contribution in [1.82, 2.24) is 4.90 Å². The van der Waals surface area contributed by atoms with Crippen molar-refractivity contribution in [2.75, 3.05) is 32.0 Å². The lowest BCUT2D eigenvalue weighted by molar-refractivity contribution is 0.0970. The number of likely N-dealkylation sites (N-methyl/N-ethyl adjacent to an activating group) is 1. The maximum absolute atomic E-state index is 12.9. The number of rotatable bonds is 10. The first-order chi connectivity index (χ1) is 13.1. The van der Waals surface area contributed by atoms with Crippen molar-refractivity contribution in [2.24, 2.45) is 0 Å². The molecule has 0 fully saturated rings. The summed E-state index contributed by atoms with van der Waals surface area (Å²) in [4.78, 5) is 16.0. The van der Waals surface area contributed by atoms with E-state index in [0.29, 0.717) is 6.54 Å². The lowest BCUT2D eigenvalue weighted by Crippen LogP contribution is -2.19. The second kappa shape index (κ2) is 9.67. The molecule has 0 saturated carbocycles. The highest BCUT2D eigenvalue weighted by Crippen LogP contribution is 2.36. The number of halogens is 1. The monoisotopic (exact) mass is 446 g/mol. The van der Waals surface area contributed by atoms with E-state index in [1.54, 1.807) is 0 Å². The highest BCUT2D eigenvalue weighted by atomic mass is 79.9. The van der Waals surface area contributed by atoms with E-state index in [1.807, 2.05) is 18.2 Å². The number of aryl methyl sites for hydroxylation is 1. The summed E-state index contributed by atoms with van der Waals surface area (Å²) in [5.41, 5.74) is 3.61. The molecule has 3 rings (SSSR count). The average Bonchev–Trinajstić information content (AvgIpc) is 3.27. The van der Waals surface area contributed by atoms with Crippen molar-refractivity contribution >= 4 is 38.7 Å². The van der Waals surface area contributed by atoms with Crippen LogP contribution < -0.4 is 5.32 Å². The quantitative estimate of drug-likeness (QED) is 0.287. The van der Waals surface area contributed by atoms with Gasteiger partial charge in [0.1, 0.15) is 0 Å². The Bertz CT molecular complexity index is 801. The highest BCUT2D eigenvalue weighted by molar-refractivity contribution is 9.11. The summed E-state index contributed by atoms with van der Waals surface area (Å²) in [5.74, 6) is 0.150. The third-order valence-electron chi connectivity index (χ3n) is 5.07. The number of carbonyl (C=O) groups is 1. The number of hydrogen-bond donors (Lipinski definition) is 1. The Morgan fingerprint density at radius 1 is 1.33 bits per heavy atom. The van der Waals surface area contributed by atoms with Crippen LogP contribution in [0, 0.1) is 0 Å². The van der Waals surface area contributed by atoms with Crippen LogP contribution in [0.25, 0.3) is 0 Å². The molecule has 144 valence electrons. The zero-order valence-corrected chi connectivity index (χ0v) is 18.2. The minimum Gasteiger partial charge on any atom is -0.384 e. The number of carbonyl (C=O) groups excluding carboxylic acids is 1. The molecule has 3 nitrogen and oxygen atoms in total. The summed E-state index contributed by atoms with van der Waals surface area (Å²) in [5, 5.41) is 3.39. The van der Waals surface area contributed by atoms with E-state index in [1.165, 1.54) is 36.2 Å². The standard InChI is InChI=1S/C22H27BrN2OS/c1-3-12-25(2)13-6-4-5-7-16-8-9-19-17(14-16)18(15-24-19)22(26)20-10-11-21(23)27-20/h3,8-11,14,18,24H,1,4-7,12-13,15H2,2H3. The summed E-state index contributed by atoms with van der Waals surface area (Å²) in [6.45, 7) is 6.55. The fourth-order valence-electron chi connectivity index (χ4n) is 3.59. The van der Waals surface area contributed by atoms with E-state index in [4.69, 9.17) is 0 Å². The van der Waals surface area contributed by atoms with Gasteiger partial charge in [-0.2, -0.15) is 0 Å². The minimum atomic E-state index is -0.0712. The predicted molar refractivity (Wildman–Crippen MR) is 119 cm³/mol. The van der Waals surface area contributed by atoms with Gasteiger partial charge < -0.3 is 10.2 Å². The summed E-state index contributed by atoms with van der Waals surface area (Å²) >= 11 is 4.97. The number of anilines is 1. The predicted octanol–water partition coefficient (Wildman–Crippen LogP) is 5.73. The van der Waals surface area contributed by atoms with Crippen molar-refractivity contribution in [3.8, 4) is 0 Å². The molecule has 0 saturated heterocycles. The van der Waals surface area contributed by atoms with Crippen molar-refractivity contribution < 1.29 is 4.79 Å². The van der Waals surface area contributed by atoms with Gasteiger partial charge in [-0.05, 0) is 78.1 Å². The average molecular weight is 447 g/mol. The number of benzene rings is 1. The lowest BCUT2D eigenvalue weighted by Gasteiger charge is -2.13. The van der Waals surface area contributed by atoms with Crippen molar-refractivity contribution in [1.29, 1.82) is 0 Å². The molecule has 5 heteroatoms. The van der Waals surface area contributed by atoms with Gasteiger partial charge in [-0.15, -0.1) is 17.9 Å². The zero-order valence-electron chi connectivity index (χ0n) is 15.8. The molecule has 2 aromatic rings. The molecular weight excluding hydrogens is 420 g/mol. The molecule has 2 heterocycles. The third-order valence-corrected chi connectivity index (χ3v) is 6.70. The van der Waals surface area contributed by atoms with Crippen LogP contribution in [0.2, 0.25) is 0 Å². The Kier molecular flexibility index (Phi) is 7.27. The Hall–Kier alpha value is -1.43. The van der Waals surface area contributed by atoms with Crippen LogP contribution in [0.3, 0.4) is 0 Å². The van der Waals surface area contributed by atoms with E-state index < -0.39 is 0 Å². The Balaban J connectivity index is 1.56. The number of hydrogen-bond acceptors (Lipinski definition) is 4. The minimum absolute atomic E-state index is 0.0712. The van der Waals surface area contributed by atoms with Gasteiger partial charge in [0.05, 0.1) is 14.6 Å². The van der Waals surface area contributed by atoms with E-state index in [-0.39, 0.29) is 11.7 Å². The Morgan fingerprint density at radius 2 is 2.19 bits per heavy atom. The molecule has 1 aromatic heterocycles. The number of Topliss-reactive ketones (excluding diaryl/α,β-unsaturated/α-hetero) is 1. The molecule has 1 aliphatic heterocycles. The van der Waals surface area contributed by atoms with Crippen molar-refractivity contribution in [3.63, 3.8) is 0 Å². The van der Waals surface area contributed by atoms with Gasteiger partial charge in [-0.25, -0.2) is 0 Å². The maximum atomic E-state index is 12.9. The van der Waals surface area contributed by atoms with Crippen LogP contribution in [0.15, 0.2) is 46.8 Å². The molecule has 0 amide bonds. The van der Waals surface area contributed by atoms with Crippen LogP contribution in [0.5, 0.6) is 0 Å². The molecule has 27 heavy (non-hydrogen) atoms. The first kappa shape index (κ1) is 20.3. The lowest BCUT2D eigenvalue weighted by atomic mass is 9.93. The largest absolute Gasteiger partial charge is 0.384 e. The van der Waals surface area contributed by atoms with Gasteiger partial charge in [-0.3, -0.25) is 4.79 Å². The summed E-state index contributed by atoms with van der Waals surface area (Å²) < 4.78 is 1.00. The smallest absolute Gasteiger partial charge is 0.182 e. The van der Waals surface area contributed by atoms with E-state index in [9.17, 15) is 4.79 Å². The topological polar surface area (TPSA) is 32.3 Å². The van der Waals surface area contributed by atoms with Gasteiger partial charge in [0.15, 0.2) is 5.78 Å². The van der Waals surface area contributed by atoms with Crippen LogP contribution in [0.4, 0.5) is 5.69 Å². The van der Waals surface area contributed by atoms with E-state index >= 15 is 0 Å². The molecule has 1 atom stereocenters. The van der Waals surface area contributed by atoms with Crippen molar-refractivity contribution in [2.45, 2.75) is 31.6 Å². The van der Waals surface area contributed by atoms with Crippen LogP contribution >= 0.6 is 27.3 Å². The zero-order chi connectivity index (χ0) is 19.2. The normalized spacial score (nSPS) is 15.6. The molecule has 1 unspecified atom stereocenters. The molecule has 0 bridgehead atoms. The number of nitrogens with one attached hydrogen (secondary N) is 1. The summed E-state index contributed by atoms with van der Waals surface area (Å²) in [6.07, 6.45) is 6.65. The second-order valence-electron chi connectivity index (χ2n) is 7.18. The van der Waals surface area contributed by atoms with Gasteiger partial charge in [0, 0.05) is 18.8 Å². The first-order valence-electron chi connectivity index (χ1n) is 9.54. The maximum Gasteiger partial charge on any atom is 0.182 e. The van der Waals surface area contributed by atoms with Gasteiger partial charge in [0.25, 0.3) is 0 Å². The molecule has 0 aliphatic carbocycles. The van der Waals surface area contributed by atoms with Crippen molar-refractivity contribution in [3.05, 3.63) is 62.8 Å². The fourth-order valence-corrected chi connectivity index (χ4v) is 4.97. The number of nitrogens with zero attached hydrogens (tertiary/aromatic N) is 1. The molecule has 0 radical (unpaired) electrons. The fraction of sp³-hybridized carbons (Fsp3) is 0.409. The van der Waals surface area contributed by atoms with Gasteiger partial charge >= 0.3 is 0 Å². The Labute approximate surface area is 174 Å². The van der Waals surface area contributed by atoms with Crippen LogP contribution in [-0.2, 0) is 6.42 Å². The number of fused-ring (bicyclic) bond motifs is 1. The first-order valence-corrected chi connectivity index (χ1v) is 11.1. The van der Waals surface area contributed by atoms with Gasteiger partial charge in [-0.1, -0.05) is 24.6 Å². The molecule has 0 spiro atoms. The molecule has 1 aliphatic rings. The highest BCUT2D eigenvalue weighted by Gasteiger charge is 2.30. The van der Waals surface area contributed by atoms with E-state index in [2.05, 4.69) is 58.0 Å². The third kappa shape index (κ3) is 5.31. The molecular formula is C22H27BrN2OS. The second-order valence-corrected chi connectivity index (χ2v) is 9.65. The van der Waals surface area contributed by atoms with Crippen LogP contribution in [-0.4, -0.2) is 37.4 Å². The summed E-state index contributed by atoms with van der Waals surface area (Å²) in [7, 11) is 2.14.